The van der Waals surface area contributed by atoms with Gasteiger partial charge in [0.1, 0.15) is 17.4 Å². The predicted molar refractivity (Wildman–Crippen MR) is 93.3 cm³/mol. The molecule has 24 heavy (non-hydrogen) atoms. The Hall–Kier alpha value is -2.33. The van der Waals surface area contributed by atoms with Crippen molar-refractivity contribution in [2.24, 2.45) is 0 Å². The Morgan fingerprint density at radius 3 is 2.42 bits per heavy atom. The van der Waals surface area contributed by atoms with Gasteiger partial charge in [-0.3, -0.25) is 4.90 Å². The Kier molecular flexibility index (Phi) is 5.49. The minimum absolute atomic E-state index is 0.276. The Labute approximate surface area is 143 Å². The first-order valence-corrected chi connectivity index (χ1v) is 8.39. The summed E-state index contributed by atoms with van der Waals surface area (Å²) in [6.45, 7) is 2.86. The first-order chi connectivity index (χ1) is 11.8. The molecule has 1 aliphatic heterocycles. The van der Waals surface area contributed by atoms with Gasteiger partial charge in [-0.05, 0) is 43.6 Å². The van der Waals surface area contributed by atoms with E-state index in [0.717, 1.165) is 25.2 Å². The van der Waals surface area contributed by atoms with E-state index in [9.17, 15) is 4.79 Å². The van der Waals surface area contributed by atoms with Crippen LogP contribution in [0.4, 0.5) is 0 Å². The molecular formula is C20H23NO3. The summed E-state index contributed by atoms with van der Waals surface area (Å²) in [7, 11) is 1.56. The fraction of sp³-hybridized carbons (Fsp3) is 0.350. The van der Waals surface area contributed by atoms with Crippen LogP contribution in [0, 0.1) is 0 Å². The molecule has 1 saturated heterocycles. The summed E-state index contributed by atoms with van der Waals surface area (Å²) in [5.74, 6) is 0.191. The lowest BCUT2D eigenvalue weighted by Gasteiger charge is -2.24. The summed E-state index contributed by atoms with van der Waals surface area (Å²) in [6, 6.07) is 17.1. The molecule has 0 aromatic heterocycles. The third-order valence-electron chi connectivity index (χ3n) is 4.37. The molecule has 4 nitrogen and oxygen atoms in total. The van der Waals surface area contributed by atoms with Gasteiger partial charge in [-0.1, -0.05) is 42.5 Å². The molecule has 0 radical (unpaired) electrons. The summed E-state index contributed by atoms with van der Waals surface area (Å²) in [4.78, 5) is 15.0. The highest BCUT2D eigenvalue weighted by molar-refractivity contribution is 5.92. The number of esters is 1. The van der Waals surface area contributed by atoms with Gasteiger partial charge < -0.3 is 9.47 Å². The summed E-state index contributed by atoms with van der Waals surface area (Å²) in [6.07, 6.45) is 2.14. The van der Waals surface area contributed by atoms with Gasteiger partial charge >= 0.3 is 5.97 Å². The molecule has 0 aliphatic carbocycles. The number of carbonyl (C=O) groups is 1. The predicted octanol–water partition coefficient (Wildman–Crippen LogP) is 3.69. The molecule has 0 saturated carbocycles. The number of benzene rings is 2. The van der Waals surface area contributed by atoms with E-state index in [1.807, 2.05) is 42.5 Å². The lowest BCUT2D eigenvalue weighted by Crippen LogP contribution is -2.28. The Bertz CT molecular complexity index is 666. The highest BCUT2D eigenvalue weighted by Gasteiger charge is 2.24. The molecule has 0 N–H and O–H groups in total. The highest BCUT2D eigenvalue weighted by atomic mass is 16.5. The number of hydrogen-bond donors (Lipinski definition) is 0. The van der Waals surface area contributed by atoms with Crippen LogP contribution in [0.5, 0.6) is 5.75 Å². The zero-order valence-electron chi connectivity index (χ0n) is 14.0. The summed E-state index contributed by atoms with van der Waals surface area (Å²) < 4.78 is 11.1. The molecule has 0 bridgehead atoms. The van der Waals surface area contributed by atoms with E-state index in [1.54, 1.807) is 19.2 Å². The van der Waals surface area contributed by atoms with E-state index >= 15 is 0 Å². The molecule has 1 fully saturated rings. The van der Waals surface area contributed by atoms with Crippen molar-refractivity contribution in [2.45, 2.75) is 18.9 Å². The van der Waals surface area contributed by atoms with Gasteiger partial charge in [0.05, 0.1) is 7.11 Å². The fourth-order valence-corrected chi connectivity index (χ4v) is 3.08. The van der Waals surface area contributed by atoms with E-state index < -0.39 is 0 Å². The van der Waals surface area contributed by atoms with E-state index in [2.05, 4.69) is 4.90 Å². The molecule has 1 heterocycles. The molecule has 2 aromatic rings. The summed E-state index contributed by atoms with van der Waals surface area (Å²) in [5, 5.41) is 0. The Morgan fingerprint density at radius 1 is 1.04 bits per heavy atom. The maximum absolute atomic E-state index is 12.7. The van der Waals surface area contributed by atoms with Gasteiger partial charge in [0, 0.05) is 6.54 Å². The van der Waals surface area contributed by atoms with Crippen LogP contribution in [0.3, 0.4) is 0 Å². The zero-order valence-corrected chi connectivity index (χ0v) is 14.0. The first-order valence-electron chi connectivity index (χ1n) is 8.39. The van der Waals surface area contributed by atoms with E-state index in [1.165, 1.54) is 12.8 Å². The van der Waals surface area contributed by atoms with Crippen molar-refractivity contribution in [1.82, 2.24) is 4.90 Å². The number of methoxy groups -OCH3 is 1. The average molecular weight is 325 g/mol. The second-order valence-electron chi connectivity index (χ2n) is 6.01. The van der Waals surface area contributed by atoms with E-state index in [0.29, 0.717) is 11.3 Å². The maximum atomic E-state index is 12.7. The SMILES string of the molecule is COc1ccccc1C(=O)OC(CN1CCCC1)c1ccccc1. The van der Waals surface area contributed by atoms with Crippen molar-refractivity contribution in [3.63, 3.8) is 0 Å². The van der Waals surface area contributed by atoms with Crippen molar-refractivity contribution in [3.05, 3.63) is 65.7 Å². The van der Waals surface area contributed by atoms with Crippen molar-refractivity contribution >= 4 is 5.97 Å². The third-order valence-corrected chi connectivity index (χ3v) is 4.37. The van der Waals surface area contributed by atoms with E-state index in [4.69, 9.17) is 9.47 Å². The van der Waals surface area contributed by atoms with Gasteiger partial charge in [0.25, 0.3) is 0 Å². The molecule has 1 aliphatic rings. The Morgan fingerprint density at radius 2 is 1.71 bits per heavy atom. The molecular weight excluding hydrogens is 302 g/mol. The van der Waals surface area contributed by atoms with Crippen LogP contribution >= 0.6 is 0 Å². The van der Waals surface area contributed by atoms with Crippen LogP contribution < -0.4 is 4.74 Å². The number of nitrogens with zero attached hydrogens (tertiary/aromatic N) is 1. The lowest BCUT2D eigenvalue weighted by molar-refractivity contribution is 0.0213. The summed E-state index contributed by atoms with van der Waals surface area (Å²) >= 11 is 0. The van der Waals surface area contributed by atoms with Gasteiger partial charge in [-0.15, -0.1) is 0 Å². The van der Waals surface area contributed by atoms with Crippen LogP contribution in [0.15, 0.2) is 54.6 Å². The smallest absolute Gasteiger partial charge is 0.342 e. The first kappa shape index (κ1) is 16.5. The molecule has 4 heteroatoms. The average Bonchev–Trinajstić information content (AvgIpc) is 3.15. The molecule has 3 rings (SSSR count). The van der Waals surface area contributed by atoms with Crippen molar-refractivity contribution in [3.8, 4) is 5.75 Å². The highest BCUT2D eigenvalue weighted by Crippen LogP contribution is 2.25. The van der Waals surface area contributed by atoms with E-state index in [-0.39, 0.29) is 12.1 Å². The summed E-state index contributed by atoms with van der Waals surface area (Å²) in [5.41, 5.74) is 1.48. The van der Waals surface area contributed by atoms with Crippen molar-refractivity contribution in [1.29, 1.82) is 0 Å². The minimum Gasteiger partial charge on any atom is -0.496 e. The number of hydrogen-bond acceptors (Lipinski definition) is 4. The van der Waals surface area contributed by atoms with Crippen LogP contribution in [0.25, 0.3) is 0 Å². The zero-order chi connectivity index (χ0) is 16.8. The molecule has 1 unspecified atom stereocenters. The molecule has 1 atom stereocenters. The fourth-order valence-electron chi connectivity index (χ4n) is 3.08. The van der Waals surface area contributed by atoms with Gasteiger partial charge in [0.2, 0.25) is 0 Å². The number of para-hydroxylation sites is 1. The van der Waals surface area contributed by atoms with Crippen LogP contribution in [-0.4, -0.2) is 37.6 Å². The third kappa shape index (κ3) is 3.95. The quantitative estimate of drug-likeness (QED) is 0.759. The van der Waals surface area contributed by atoms with Crippen LogP contribution in [0.1, 0.15) is 34.9 Å². The lowest BCUT2D eigenvalue weighted by atomic mass is 10.1. The second-order valence-corrected chi connectivity index (χ2v) is 6.01. The number of rotatable bonds is 6. The van der Waals surface area contributed by atoms with Crippen molar-refractivity contribution in [2.75, 3.05) is 26.7 Å². The van der Waals surface area contributed by atoms with Crippen molar-refractivity contribution < 1.29 is 14.3 Å². The normalized spacial score (nSPS) is 15.9. The monoisotopic (exact) mass is 325 g/mol. The topological polar surface area (TPSA) is 38.8 Å². The number of likely N-dealkylation sites (tertiary alicyclic amines) is 1. The molecule has 0 spiro atoms. The van der Waals surface area contributed by atoms with Gasteiger partial charge in [-0.25, -0.2) is 4.79 Å². The number of ether oxygens (including phenoxy) is 2. The number of carbonyl (C=O) groups excluding carboxylic acids is 1. The minimum atomic E-state index is -0.347. The molecule has 2 aromatic carbocycles. The van der Waals surface area contributed by atoms with Crippen LogP contribution in [-0.2, 0) is 4.74 Å². The van der Waals surface area contributed by atoms with Crippen LogP contribution in [0.2, 0.25) is 0 Å². The molecule has 126 valence electrons. The Balaban J connectivity index is 1.79. The van der Waals surface area contributed by atoms with Gasteiger partial charge in [0.15, 0.2) is 0 Å². The molecule has 0 amide bonds. The maximum Gasteiger partial charge on any atom is 0.342 e. The largest absolute Gasteiger partial charge is 0.496 e. The van der Waals surface area contributed by atoms with Gasteiger partial charge in [-0.2, -0.15) is 0 Å². The standard InChI is InChI=1S/C20H23NO3/c1-23-18-12-6-5-11-17(18)20(22)24-19(15-21-13-7-8-14-21)16-9-3-2-4-10-16/h2-6,9-12,19H,7-8,13-15H2,1H3. The second kappa shape index (κ2) is 7.97.